The predicted molar refractivity (Wildman–Crippen MR) is 40.9 cm³/mol. The number of hydrogen-bond donors (Lipinski definition) is 0. The summed E-state index contributed by atoms with van der Waals surface area (Å²) in [5, 5.41) is 0. The van der Waals surface area contributed by atoms with Crippen molar-refractivity contribution in [1.29, 1.82) is 0 Å². The number of hydrogen-bond acceptors (Lipinski definition) is 1. The molecule has 1 rings (SSSR count). The van der Waals surface area contributed by atoms with Crippen molar-refractivity contribution in [3.05, 3.63) is 29.6 Å². The Morgan fingerprint density at radius 1 is 1.31 bits per heavy atom. The van der Waals surface area contributed by atoms with Crippen LogP contribution in [-0.2, 0) is 0 Å². The quantitative estimate of drug-likeness (QED) is 0.650. The first-order valence-corrected chi connectivity index (χ1v) is 3.74. The Morgan fingerprint density at radius 3 is 2.38 bits per heavy atom. The summed E-state index contributed by atoms with van der Waals surface area (Å²) in [5.41, 5.74) is 0. The normalized spacial score (nSPS) is 10.6. The molecule has 0 aliphatic rings. The van der Waals surface area contributed by atoms with Gasteiger partial charge in [0.25, 0.3) is 0 Å². The molecule has 0 fully saturated rings. The zero-order valence-electron chi connectivity index (χ0n) is 7.20. The van der Waals surface area contributed by atoms with Gasteiger partial charge in [0, 0.05) is 6.07 Å². The molecule has 1 radical (unpaired) electrons. The highest BCUT2D eigenvalue weighted by molar-refractivity contribution is 5.23. The molecule has 71 valence electrons. The van der Waals surface area contributed by atoms with Gasteiger partial charge < -0.3 is 4.74 Å². The molecule has 0 bridgehead atoms. The topological polar surface area (TPSA) is 9.23 Å². The van der Waals surface area contributed by atoms with E-state index in [0.717, 1.165) is 6.07 Å². The van der Waals surface area contributed by atoms with Gasteiger partial charge in [-0.25, -0.2) is 13.2 Å². The first-order chi connectivity index (χ1) is 6.00. The highest BCUT2D eigenvalue weighted by Gasteiger charge is 2.12. The van der Waals surface area contributed by atoms with Crippen LogP contribution in [0.5, 0.6) is 5.75 Å². The van der Waals surface area contributed by atoms with Crippen molar-refractivity contribution in [2.45, 2.75) is 20.0 Å². The molecule has 0 saturated carbocycles. The fourth-order valence-electron chi connectivity index (χ4n) is 0.800. The maximum atomic E-state index is 12.6. The van der Waals surface area contributed by atoms with Gasteiger partial charge in [0.05, 0.1) is 12.2 Å². The second kappa shape index (κ2) is 3.68. The molecule has 0 aliphatic heterocycles. The van der Waals surface area contributed by atoms with E-state index in [4.69, 9.17) is 4.74 Å². The predicted octanol–water partition coefficient (Wildman–Crippen LogP) is 2.69. The van der Waals surface area contributed by atoms with Gasteiger partial charge in [-0.05, 0) is 13.8 Å². The van der Waals surface area contributed by atoms with Gasteiger partial charge in [-0.2, -0.15) is 0 Å². The van der Waals surface area contributed by atoms with Crippen LogP contribution in [0.25, 0.3) is 0 Å². The first-order valence-electron chi connectivity index (χ1n) is 3.74. The van der Waals surface area contributed by atoms with E-state index in [2.05, 4.69) is 0 Å². The molecular formula is C9H8F3O. The third-order valence-electron chi connectivity index (χ3n) is 1.26. The maximum absolute atomic E-state index is 12.6. The van der Waals surface area contributed by atoms with Crippen LogP contribution < -0.4 is 4.74 Å². The van der Waals surface area contributed by atoms with Gasteiger partial charge in [-0.15, -0.1) is 0 Å². The molecule has 0 unspecified atom stereocenters. The molecule has 0 amide bonds. The Hall–Kier alpha value is -1.19. The molecule has 0 saturated heterocycles. The number of benzene rings is 1. The van der Waals surface area contributed by atoms with Crippen LogP contribution in [0.1, 0.15) is 13.8 Å². The van der Waals surface area contributed by atoms with Crippen LogP contribution in [-0.4, -0.2) is 6.10 Å². The molecule has 0 N–H and O–H groups in total. The molecule has 0 atom stereocenters. The lowest BCUT2D eigenvalue weighted by molar-refractivity contribution is 0.238. The molecule has 1 aromatic carbocycles. The molecule has 1 aromatic rings. The summed E-state index contributed by atoms with van der Waals surface area (Å²) in [6, 6.07) is 2.71. The SMILES string of the molecule is CC(C)Oc1[c]c(F)c(F)c(F)c1. The summed E-state index contributed by atoms with van der Waals surface area (Å²) in [6.07, 6.45) is -0.236. The molecule has 0 aliphatic carbocycles. The molecule has 0 heterocycles. The Labute approximate surface area is 74.1 Å². The molecule has 0 aromatic heterocycles. The van der Waals surface area contributed by atoms with Crippen molar-refractivity contribution in [3.8, 4) is 5.75 Å². The standard InChI is InChI=1S/C9H8F3O/c1-5(2)13-6-3-7(10)9(12)8(11)4-6/h3,5H,1-2H3. The number of rotatable bonds is 2. The summed E-state index contributed by atoms with van der Waals surface area (Å²) in [6.45, 7) is 3.38. The van der Waals surface area contributed by atoms with Crippen LogP contribution in [0.15, 0.2) is 6.07 Å². The molecule has 4 heteroatoms. The van der Waals surface area contributed by atoms with E-state index in [-0.39, 0.29) is 11.9 Å². The fraction of sp³-hybridized carbons (Fsp3) is 0.333. The summed E-state index contributed by atoms with van der Waals surface area (Å²) < 4.78 is 42.5. The highest BCUT2D eigenvalue weighted by Crippen LogP contribution is 2.19. The minimum atomic E-state index is -1.53. The van der Waals surface area contributed by atoms with E-state index in [1.54, 1.807) is 13.8 Å². The van der Waals surface area contributed by atoms with Crippen molar-refractivity contribution in [3.63, 3.8) is 0 Å². The fourth-order valence-corrected chi connectivity index (χ4v) is 0.800. The molecule has 13 heavy (non-hydrogen) atoms. The lowest BCUT2D eigenvalue weighted by Gasteiger charge is -2.09. The van der Waals surface area contributed by atoms with E-state index >= 15 is 0 Å². The Bertz CT molecular complexity index is 287. The van der Waals surface area contributed by atoms with Crippen molar-refractivity contribution in [2.24, 2.45) is 0 Å². The van der Waals surface area contributed by atoms with Crippen LogP contribution in [0, 0.1) is 23.5 Å². The van der Waals surface area contributed by atoms with Gasteiger partial charge in [-0.1, -0.05) is 0 Å². The summed E-state index contributed by atoms with van der Waals surface area (Å²) in [5.74, 6) is -4.30. The molecule has 0 spiro atoms. The first kappa shape index (κ1) is 9.89. The number of ether oxygens (including phenoxy) is 1. The van der Waals surface area contributed by atoms with Crippen molar-refractivity contribution < 1.29 is 17.9 Å². The lowest BCUT2D eigenvalue weighted by atomic mass is 10.3. The van der Waals surface area contributed by atoms with Crippen LogP contribution in [0.4, 0.5) is 13.2 Å². The van der Waals surface area contributed by atoms with Crippen molar-refractivity contribution in [1.82, 2.24) is 0 Å². The maximum Gasteiger partial charge on any atom is 0.195 e. The Morgan fingerprint density at radius 2 is 1.92 bits per heavy atom. The second-order valence-corrected chi connectivity index (χ2v) is 2.78. The molecular weight excluding hydrogens is 181 g/mol. The van der Waals surface area contributed by atoms with Gasteiger partial charge >= 0.3 is 0 Å². The summed E-state index contributed by atoms with van der Waals surface area (Å²) in [4.78, 5) is 0. The highest BCUT2D eigenvalue weighted by atomic mass is 19.2. The van der Waals surface area contributed by atoms with E-state index < -0.39 is 17.5 Å². The zero-order chi connectivity index (χ0) is 10.0. The second-order valence-electron chi connectivity index (χ2n) is 2.78. The average Bonchev–Trinajstić information content (AvgIpc) is 1.98. The summed E-state index contributed by atoms with van der Waals surface area (Å²) >= 11 is 0. The zero-order valence-corrected chi connectivity index (χ0v) is 7.20. The van der Waals surface area contributed by atoms with E-state index in [0.29, 0.717) is 0 Å². The largest absolute Gasteiger partial charge is 0.490 e. The van der Waals surface area contributed by atoms with Crippen LogP contribution >= 0.6 is 0 Å². The van der Waals surface area contributed by atoms with Crippen molar-refractivity contribution >= 4 is 0 Å². The summed E-state index contributed by atoms with van der Waals surface area (Å²) in [7, 11) is 0. The van der Waals surface area contributed by atoms with E-state index in [1.807, 2.05) is 6.07 Å². The van der Waals surface area contributed by atoms with Gasteiger partial charge in [0.2, 0.25) is 0 Å². The van der Waals surface area contributed by atoms with Gasteiger partial charge in [0.15, 0.2) is 17.5 Å². The number of halogens is 3. The lowest BCUT2D eigenvalue weighted by Crippen LogP contribution is -2.06. The van der Waals surface area contributed by atoms with Gasteiger partial charge in [0.1, 0.15) is 5.75 Å². The average molecular weight is 189 g/mol. The van der Waals surface area contributed by atoms with Crippen LogP contribution in [0.3, 0.4) is 0 Å². The third kappa shape index (κ3) is 2.37. The Kier molecular flexibility index (Phi) is 2.80. The Balaban J connectivity index is 2.99. The minimum Gasteiger partial charge on any atom is -0.490 e. The van der Waals surface area contributed by atoms with Crippen molar-refractivity contribution in [2.75, 3.05) is 0 Å². The van der Waals surface area contributed by atoms with E-state index in [9.17, 15) is 13.2 Å². The third-order valence-corrected chi connectivity index (χ3v) is 1.26. The monoisotopic (exact) mass is 189 g/mol. The van der Waals surface area contributed by atoms with E-state index in [1.165, 1.54) is 0 Å². The molecule has 1 nitrogen and oxygen atoms in total. The van der Waals surface area contributed by atoms with Crippen LogP contribution in [0.2, 0.25) is 0 Å². The smallest absolute Gasteiger partial charge is 0.195 e. The van der Waals surface area contributed by atoms with Gasteiger partial charge in [-0.3, -0.25) is 0 Å². The minimum absolute atomic E-state index is 0.133.